The molecule has 9 heteroatoms. The SMILES string of the molecule is CC(=O)c1cc(C2CC2)c2nc(N3C4CCC3CC(NCc3c(-c5c(Cl)cccc5Cl)noc3C3CC3)C4)sc2c1. The second-order valence-corrected chi connectivity index (χ2v) is 14.1. The van der Waals surface area contributed by atoms with Gasteiger partial charge in [0.1, 0.15) is 11.5 Å². The van der Waals surface area contributed by atoms with E-state index in [0.29, 0.717) is 46.6 Å². The summed E-state index contributed by atoms with van der Waals surface area (Å²) in [6.45, 7) is 2.35. The summed E-state index contributed by atoms with van der Waals surface area (Å²) >= 11 is 14.9. The molecule has 0 spiro atoms. The fourth-order valence-corrected chi connectivity index (χ4v) is 8.80. The molecule has 2 unspecified atom stereocenters. The maximum absolute atomic E-state index is 12.2. The van der Waals surface area contributed by atoms with Crippen LogP contribution in [0.15, 0.2) is 34.9 Å². The highest BCUT2D eigenvalue weighted by Crippen LogP contribution is 2.48. The van der Waals surface area contributed by atoms with Gasteiger partial charge in [0.05, 0.1) is 20.3 Å². The average Bonchev–Trinajstić information content (AvgIpc) is 3.87. The zero-order valence-corrected chi connectivity index (χ0v) is 25.3. The molecule has 2 saturated heterocycles. The van der Waals surface area contributed by atoms with Gasteiger partial charge in [0.15, 0.2) is 10.9 Å². The number of carbonyl (C=O) groups is 1. The first-order valence-electron chi connectivity index (χ1n) is 14.8. The third-order valence-corrected chi connectivity index (χ3v) is 11.1. The Labute approximate surface area is 253 Å². The van der Waals surface area contributed by atoms with Crippen LogP contribution in [0.25, 0.3) is 21.5 Å². The van der Waals surface area contributed by atoms with Crippen LogP contribution < -0.4 is 10.2 Å². The van der Waals surface area contributed by atoms with E-state index in [1.165, 1.54) is 31.2 Å². The highest BCUT2D eigenvalue weighted by Gasteiger charge is 2.43. The number of carbonyl (C=O) groups excluding carboxylic acids is 1. The molecular formula is C32H32Cl2N4O2S. The van der Waals surface area contributed by atoms with E-state index in [2.05, 4.69) is 27.5 Å². The lowest BCUT2D eigenvalue weighted by Gasteiger charge is -2.39. The smallest absolute Gasteiger partial charge is 0.186 e. The number of hydrogen-bond donors (Lipinski definition) is 1. The molecule has 2 bridgehead atoms. The number of hydrogen-bond acceptors (Lipinski definition) is 7. The molecule has 4 aromatic rings. The van der Waals surface area contributed by atoms with E-state index < -0.39 is 0 Å². The zero-order valence-electron chi connectivity index (χ0n) is 23.0. The zero-order chi connectivity index (χ0) is 27.8. The van der Waals surface area contributed by atoms with Crippen LogP contribution in [0, 0.1) is 0 Å². The van der Waals surface area contributed by atoms with E-state index in [-0.39, 0.29) is 5.78 Å². The summed E-state index contributed by atoms with van der Waals surface area (Å²) in [5, 5.41) is 10.7. The van der Waals surface area contributed by atoms with E-state index in [0.717, 1.165) is 69.2 Å². The molecular weight excluding hydrogens is 575 g/mol. The molecule has 2 saturated carbocycles. The van der Waals surface area contributed by atoms with Crippen LogP contribution in [-0.4, -0.2) is 34.0 Å². The van der Waals surface area contributed by atoms with Crippen LogP contribution in [0.1, 0.15) is 97.4 Å². The number of Topliss-reactive ketones (excluding diaryl/α,β-unsaturated/α-hetero) is 1. The van der Waals surface area contributed by atoms with Crippen molar-refractivity contribution in [1.29, 1.82) is 0 Å². The van der Waals surface area contributed by atoms with Gasteiger partial charge in [0.2, 0.25) is 0 Å². The Kier molecular flexibility index (Phi) is 6.44. The molecule has 41 heavy (non-hydrogen) atoms. The predicted molar refractivity (Wildman–Crippen MR) is 165 cm³/mol. The molecule has 2 aliphatic heterocycles. The van der Waals surface area contributed by atoms with Crippen molar-refractivity contribution >= 4 is 55.7 Å². The summed E-state index contributed by atoms with van der Waals surface area (Å²) in [7, 11) is 0. The summed E-state index contributed by atoms with van der Waals surface area (Å²) in [6.07, 6.45) is 9.20. The molecule has 212 valence electrons. The Morgan fingerprint density at radius 1 is 1.05 bits per heavy atom. The lowest BCUT2D eigenvalue weighted by molar-refractivity contribution is 0.101. The molecule has 4 fully saturated rings. The molecule has 1 N–H and O–H groups in total. The Bertz CT molecular complexity index is 1640. The van der Waals surface area contributed by atoms with Crippen molar-refractivity contribution in [3.63, 3.8) is 0 Å². The third-order valence-electron chi connectivity index (χ3n) is 9.42. The summed E-state index contributed by atoms with van der Waals surface area (Å²) in [5.41, 5.74) is 5.82. The number of aromatic nitrogens is 2. The van der Waals surface area contributed by atoms with Gasteiger partial charge in [-0.1, -0.05) is 45.8 Å². The molecule has 6 nitrogen and oxygen atoms in total. The number of thiazole rings is 1. The van der Waals surface area contributed by atoms with Crippen molar-refractivity contribution in [1.82, 2.24) is 15.5 Å². The number of ketones is 1. The normalized spacial score (nSPS) is 24.0. The van der Waals surface area contributed by atoms with Crippen molar-refractivity contribution in [2.45, 2.75) is 94.8 Å². The minimum Gasteiger partial charge on any atom is -0.360 e. The molecule has 0 amide bonds. The number of benzene rings is 2. The standard InChI is InChI=1S/C32H32Cl2N4O2S/c1-16(39)19-11-23(17-5-6-17)29-27(12-19)41-32(36-29)38-21-9-10-22(38)14-20(13-21)35-15-24-30(37-40-31(24)18-7-8-18)28-25(33)3-2-4-26(28)34/h2-4,11-12,17-18,20-22,35H,5-10,13-15H2,1H3. The maximum atomic E-state index is 12.2. The molecule has 2 aromatic carbocycles. The molecule has 2 aromatic heterocycles. The van der Waals surface area contributed by atoms with Gasteiger partial charge in [-0.15, -0.1) is 0 Å². The van der Waals surface area contributed by atoms with Gasteiger partial charge in [-0.3, -0.25) is 4.79 Å². The van der Waals surface area contributed by atoms with E-state index in [1.54, 1.807) is 18.3 Å². The van der Waals surface area contributed by atoms with Gasteiger partial charge >= 0.3 is 0 Å². The minimum atomic E-state index is 0.133. The number of piperidine rings is 1. The van der Waals surface area contributed by atoms with Crippen LogP contribution >= 0.6 is 34.5 Å². The lowest BCUT2D eigenvalue weighted by Crippen LogP contribution is -2.49. The van der Waals surface area contributed by atoms with Crippen molar-refractivity contribution in [2.75, 3.05) is 4.90 Å². The van der Waals surface area contributed by atoms with E-state index in [4.69, 9.17) is 32.7 Å². The third kappa shape index (κ3) is 4.69. The second kappa shape index (κ2) is 10.1. The first kappa shape index (κ1) is 26.2. The highest BCUT2D eigenvalue weighted by molar-refractivity contribution is 7.22. The van der Waals surface area contributed by atoms with E-state index >= 15 is 0 Å². The number of rotatable bonds is 8. The van der Waals surface area contributed by atoms with Gasteiger partial charge in [-0.2, -0.15) is 0 Å². The maximum Gasteiger partial charge on any atom is 0.186 e. The number of nitrogens with zero attached hydrogens (tertiary/aromatic N) is 3. The predicted octanol–water partition coefficient (Wildman–Crippen LogP) is 8.51. The summed E-state index contributed by atoms with van der Waals surface area (Å²) in [6, 6.07) is 11.1. The van der Waals surface area contributed by atoms with Crippen molar-refractivity contribution in [3.05, 3.63) is 62.8 Å². The second-order valence-electron chi connectivity index (χ2n) is 12.3. The van der Waals surface area contributed by atoms with Gasteiger partial charge in [0, 0.05) is 47.3 Å². The van der Waals surface area contributed by atoms with Crippen LogP contribution in [0.5, 0.6) is 0 Å². The molecule has 2 atom stereocenters. The number of anilines is 1. The minimum absolute atomic E-state index is 0.133. The molecule has 0 radical (unpaired) electrons. The number of halogens is 2. The largest absolute Gasteiger partial charge is 0.360 e. The van der Waals surface area contributed by atoms with Crippen molar-refractivity contribution < 1.29 is 9.32 Å². The first-order valence-corrected chi connectivity index (χ1v) is 16.4. The van der Waals surface area contributed by atoms with Crippen molar-refractivity contribution in [2.24, 2.45) is 0 Å². The van der Waals surface area contributed by atoms with Crippen LogP contribution in [0.3, 0.4) is 0 Å². The Morgan fingerprint density at radius 2 is 1.76 bits per heavy atom. The van der Waals surface area contributed by atoms with Gasteiger partial charge < -0.3 is 14.7 Å². The molecule has 4 heterocycles. The highest BCUT2D eigenvalue weighted by atomic mass is 35.5. The van der Waals surface area contributed by atoms with E-state index in [1.807, 2.05) is 18.2 Å². The Hall–Kier alpha value is -2.45. The van der Waals surface area contributed by atoms with Gasteiger partial charge in [0.25, 0.3) is 0 Å². The summed E-state index contributed by atoms with van der Waals surface area (Å²) < 4.78 is 7.05. The monoisotopic (exact) mass is 606 g/mol. The summed E-state index contributed by atoms with van der Waals surface area (Å²) in [4.78, 5) is 20.0. The number of nitrogens with one attached hydrogen (secondary N) is 1. The van der Waals surface area contributed by atoms with Crippen LogP contribution in [0.2, 0.25) is 10.0 Å². The van der Waals surface area contributed by atoms with Gasteiger partial charge in [-0.05, 0) is 94.0 Å². The van der Waals surface area contributed by atoms with E-state index in [9.17, 15) is 4.79 Å². The summed E-state index contributed by atoms with van der Waals surface area (Å²) in [5.74, 6) is 2.11. The lowest BCUT2D eigenvalue weighted by atomic mass is 9.97. The topological polar surface area (TPSA) is 71.3 Å². The molecule has 8 rings (SSSR count). The molecule has 4 aliphatic rings. The van der Waals surface area contributed by atoms with Gasteiger partial charge in [-0.25, -0.2) is 4.98 Å². The fourth-order valence-electron chi connectivity index (χ4n) is 7.04. The fraction of sp³-hybridized carbons (Fsp3) is 0.469. The Morgan fingerprint density at radius 3 is 2.41 bits per heavy atom. The Balaban J connectivity index is 1.03. The average molecular weight is 608 g/mol. The molecule has 2 aliphatic carbocycles. The first-order chi connectivity index (χ1) is 19.9. The van der Waals surface area contributed by atoms with Crippen molar-refractivity contribution in [3.8, 4) is 11.3 Å². The van der Waals surface area contributed by atoms with Crippen LogP contribution in [-0.2, 0) is 6.54 Å². The number of fused-ring (bicyclic) bond motifs is 3. The van der Waals surface area contributed by atoms with Crippen LogP contribution in [0.4, 0.5) is 5.13 Å². The quantitative estimate of drug-likeness (QED) is 0.203.